The maximum Gasteiger partial charge on any atom is 0.328 e. The summed E-state index contributed by atoms with van der Waals surface area (Å²) >= 11 is 0. The molecule has 3 rings (SSSR count). The molecule has 1 aliphatic carbocycles. The number of aromatic nitrogens is 2. The predicted octanol–water partition coefficient (Wildman–Crippen LogP) is 2.20. The Balaban J connectivity index is 1.76. The van der Waals surface area contributed by atoms with E-state index in [1.54, 1.807) is 17.9 Å². The second-order valence-electron chi connectivity index (χ2n) is 6.48. The van der Waals surface area contributed by atoms with E-state index in [-0.39, 0.29) is 11.8 Å². The average molecular weight is 341 g/mol. The van der Waals surface area contributed by atoms with E-state index in [9.17, 15) is 9.59 Å². The molecule has 1 N–H and O–H groups in total. The van der Waals surface area contributed by atoms with Crippen LogP contribution in [0.1, 0.15) is 46.7 Å². The molecule has 2 aromatic rings. The number of amides is 1. The molecular formula is C19H23N3O3. The minimum absolute atomic E-state index is 0.239. The lowest BCUT2D eigenvalue weighted by Crippen LogP contribution is -2.42. The molecule has 1 amide bonds. The third kappa shape index (κ3) is 3.90. The minimum atomic E-state index is -0.672. The Hall–Kier alpha value is -2.63. The van der Waals surface area contributed by atoms with Crippen molar-refractivity contribution in [1.82, 2.24) is 15.1 Å². The van der Waals surface area contributed by atoms with Crippen molar-refractivity contribution in [2.45, 2.75) is 37.6 Å². The fraction of sp³-hybridized carbons (Fsp3) is 0.421. The fourth-order valence-electron chi connectivity index (χ4n) is 3.52. The van der Waals surface area contributed by atoms with Crippen LogP contribution in [0.15, 0.2) is 36.7 Å². The normalized spacial score (nSPS) is 17.4. The van der Waals surface area contributed by atoms with Gasteiger partial charge in [-0.2, -0.15) is 5.10 Å². The summed E-state index contributed by atoms with van der Waals surface area (Å²) in [6, 6.07) is 7.66. The standard InChI is InChI=1S/C19H23N3O3/c1-22-12-15(11-20-22)18(23)21-17(19(24)25-2)10-14-8-5-7-13-6-3-4-9-16(13)14/h3-4,6,9,11-12,14,17H,5,7-8,10H2,1-2H3,(H,21,23)/t14-,17+/m0/s1. The molecule has 6 nitrogen and oxygen atoms in total. The molecule has 0 aliphatic heterocycles. The number of rotatable bonds is 5. The number of methoxy groups -OCH3 is 1. The molecule has 0 spiro atoms. The van der Waals surface area contributed by atoms with Gasteiger partial charge in [-0.25, -0.2) is 4.79 Å². The van der Waals surface area contributed by atoms with E-state index in [2.05, 4.69) is 22.5 Å². The van der Waals surface area contributed by atoms with E-state index in [1.165, 1.54) is 24.4 Å². The van der Waals surface area contributed by atoms with E-state index in [0.717, 1.165) is 19.3 Å². The van der Waals surface area contributed by atoms with E-state index >= 15 is 0 Å². The van der Waals surface area contributed by atoms with Crippen LogP contribution >= 0.6 is 0 Å². The number of carbonyl (C=O) groups is 2. The third-order valence-corrected chi connectivity index (χ3v) is 4.77. The molecule has 0 unspecified atom stereocenters. The van der Waals surface area contributed by atoms with Gasteiger partial charge in [0.25, 0.3) is 5.91 Å². The molecule has 1 aromatic heterocycles. The van der Waals surface area contributed by atoms with E-state index in [0.29, 0.717) is 12.0 Å². The van der Waals surface area contributed by atoms with E-state index < -0.39 is 12.0 Å². The number of nitrogens with one attached hydrogen (secondary N) is 1. The van der Waals surface area contributed by atoms with Crippen LogP contribution in [0, 0.1) is 0 Å². The number of fused-ring (bicyclic) bond motifs is 1. The highest BCUT2D eigenvalue weighted by atomic mass is 16.5. The second kappa shape index (κ2) is 7.51. The number of hydrogen-bond acceptors (Lipinski definition) is 4. The molecule has 1 heterocycles. The molecule has 1 aliphatic rings. The summed E-state index contributed by atoms with van der Waals surface area (Å²) in [6.45, 7) is 0. The van der Waals surface area contributed by atoms with Crippen molar-refractivity contribution in [2.75, 3.05) is 7.11 Å². The summed E-state index contributed by atoms with van der Waals surface area (Å²) in [4.78, 5) is 24.6. The average Bonchev–Trinajstić information content (AvgIpc) is 3.07. The number of ether oxygens (including phenoxy) is 1. The zero-order valence-electron chi connectivity index (χ0n) is 14.6. The Labute approximate surface area is 147 Å². The quantitative estimate of drug-likeness (QED) is 0.846. The smallest absolute Gasteiger partial charge is 0.328 e. The van der Waals surface area contributed by atoms with Gasteiger partial charge in [-0.05, 0) is 42.7 Å². The lowest BCUT2D eigenvalue weighted by Gasteiger charge is -2.28. The van der Waals surface area contributed by atoms with Crippen molar-refractivity contribution in [3.8, 4) is 0 Å². The lowest BCUT2D eigenvalue weighted by molar-refractivity contribution is -0.143. The molecule has 2 atom stereocenters. The number of carbonyl (C=O) groups excluding carboxylic acids is 2. The van der Waals surface area contributed by atoms with Gasteiger partial charge < -0.3 is 10.1 Å². The second-order valence-corrected chi connectivity index (χ2v) is 6.48. The highest BCUT2D eigenvalue weighted by Gasteiger charge is 2.29. The molecule has 25 heavy (non-hydrogen) atoms. The van der Waals surface area contributed by atoms with Gasteiger partial charge in [-0.1, -0.05) is 24.3 Å². The van der Waals surface area contributed by atoms with Crippen molar-refractivity contribution in [2.24, 2.45) is 7.05 Å². The number of benzene rings is 1. The summed E-state index contributed by atoms with van der Waals surface area (Å²) in [6.07, 6.45) is 6.81. The lowest BCUT2D eigenvalue weighted by atomic mass is 9.79. The van der Waals surface area contributed by atoms with Crippen LogP contribution in [0.3, 0.4) is 0 Å². The maximum atomic E-state index is 12.4. The van der Waals surface area contributed by atoms with Crippen LogP contribution in [-0.2, 0) is 23.0 Å². The van der Waals surface area contributed by atoms with Crippen molar-refractivity contribution in [3.05, 3.63) is 53.3 Å². The number of hydrogen-bond donors (Lipinski definition) is 1. The third-order valence-electron chi connectivity index (χ3n) is 4.77. The van der Waals surface area contributed by atoms with Gasteiger partial charge in [0, 0.05) is 13.2 Å². The van der Waals surface area contributed by atoms with Crippen molar-refractivity contribution >= 4 is 11.9 Å². The topological polar surface area (TPSA) is 73.2 Å². The molecular weight excluding hydrogens is 318 g/mol. The first-order valence-electron chi connectivity index (χ1n) is 8.53. The number of nitrogens with zero attached hydrogens (tertiary/aromatic N) is 2. The van der Waals surface area contributed by atoms with Crippen LogP contribution < -0.4 is 5.32 Å². The van der Waals surface area contributed by atoms with Crippen LogP contribution in [0.4, 0.5) is 0 Å². The molecule has 6 heteroatoms. The maximum absolute atomic E-state index is 12.4. The number of esters is 1. The molecule has 0 radical (unpaired) electrons. The Morgan fingerprint density at radius 3 is 2.92 bits per heavy atom. The van der Waals surface area contributed by atoms with E-state index in [4.69, 9.17) is 4.74 Å². The molecule has 0 saturated heterocycles. The number of aryl methyl sites for hydroxylation is 2. The SMILES string of the molecule is COC(=O)[C@@H](C[C@@H]1CCCc2ccccc21)NC(=O)c1cnn(C)c1. The molecule has 0 bridgehead atoms. The first kappa shape index (κ1) is 17.2. The summed E-state index contributed by atoms with van der Waals surface area (Å²) in [5.41, 5.74) is 3.04. The molecule has 1 aromatic carbocycles. The van der Waals surface area contributed by atoms with Crippen molar-refractivity contribution in [3.63, 3.8) is 0 Å². The van der Waals surface area contributed by atoms with Crippen LogP contribution in [0.25, 0.3) is 0 Å². The Kier molecular flexibility index (Phi) is 5.16. The van der Waals surface area contributed by atoms with Gasteiger partial charge in [-0.15, -0.1) is 0 Å². The van der Waals surface area contributed by atoms with E-state index in [1.807, 2.05) is 12.1 Å². The van der Waals surface area contributed by atoms with Gasteiger partial charge in [-0.3, -0.25) is 9.48 Å². The van der Waals surface area contributed by atoms with Gasteiger partial charge in [0.2, 0.25) is 0 Å². The minimum Gasteiger partial charge on any atom is -0.467 e. The Bertz CT molecular complexity index is 769. The Morgan fingerprint density at radius 1 is 1.40 bits per heavy atom. The summed E-state index contributed by atoms with van der Waals surface area (Å²) in [5.74, 6) is -0.490. The Morgan fingerprint density at radius 2 is 2.20 bits per heavy atom. The predicted molar refractivity (Wildman–Crippen MR) is 93.2 cm³/mol. The highest BCUT2D eigenvalue weighted by molar-refractivity contribution is 5.96. The molecule has 0 saturated carbocycles. The van der Waals surface area contributed by atoms with Crippen LogP contribution in [0.2, 0.25) is 0 Å². The molecule has 132 valence electrons. The van der Waals surface area contributed by atoms with Crippen molar-refractivity contribution in [1.29, 1.82) is 0 Å². The zero-order valence-corrected chi connectivity index (χ0v) is 14.6. The fourth-order valence-corrected chi connectivity index (χ4v) is 3.52. The largest absolute Gasteiger partial charge is 0.467 e. The van der Waals surface area contributed by atoms with Crippen LogP contribution in [-0.4, -0.2) is 34.8 Å². The monoisotopic (exact) mass is 341 g/mol. The van der Waals surface area contributed by atoms with Gasteiger partial charge in [0.1, 0.15) is 6.04 Å². The van der Waals surface area contributed by atoms with Crippen molar-refractivity contribution < 1.29 is 14.3 Å². The van der Waals surface area contributed by atoms with Crippen LogP contribution in [0.5, 0.6) is 0 Å². The zero-order chi connectivity index (χ0) is 17.8. The summed E-state index contributed by atoms with van der Waals surface area (Å²) < 4.78 is 6.46. The first-order valence-corrected chi connectivity index (χ1v) is 8.53. The van der Waals surface area contributed by atoms with Gasteiger partial charge in [0.15, 0.2) is 0 Å². The summed E-state index contributed by atoms with van der Waals surface area (Å²) in [7, 11) is 3.09. The summed E-state index contributed by atoms with van der Waals surface area (Å²) in [5, 5.41) is 6.80. The first-order chi connectivity index (χ1) is 12.1. The molecule has 0 fully saturated rings. The highest BCUT2D eigenvalue weighted by Crippen LogP contribution is 2.34. The van der Waals surface area contributed by atoms with Gasteiger partial charge in [0.05, 0.1) is 18.9 Å². The van der Waals surface area contributed by atoms with Gasteiger partial charge >= 0.3 is 5.97 Å².